The average molecular weight is 306 g/mol. The lowest BCUT2D eigenvalue weighted by Crippen LogP contribution is -2.30. The van der Waals surface area contributed by atoms with Crippen LogP contribution in [0.4, 0.5) is 5.69 Å². The molecule has 1 saturated carbocycles. The third-order valence-corrected chi connectivity index (χ3v) is 4.26. The lowest BCUT2D eigenvalue weighted by molar-refractivity contribution is -0.109. The highest BCUT2D eigenvalue weighted by Gasteiger charge is 2.55. The second-order valence-corrected chi connectivity index (χ2v) is 6.94. The molecule has 22 heavy (non-hydrogen) atoms. The predicted molar refractivity (Wildman–Crippen MR) is 87.0 cm³/mol. The molecule has 3 N–H and O–H groups in total. The van der Waals surface area contributed by atoms with Crippen molar-refractivity contribution in [2.75, 3.05) is 26.0 Å². The Kier molecular flexibility index (Phi) is 4.66. The van der Waals surface area contributed by atoms with Crippen molar-refractivity contribution in [3.8, 4) is 5.75 Å². The van der Waals surface area contributed by atoms with Gasteiger partial charge in [0.2, 0.25) is 6.41 Å². The first-order chi connectivity index (χ1) is 10.3. The van der Waals surface area contributed by atoms with E-state index in [0.29, 0.717) is 30.5 Å². The van der Waals surface area contributed by atoms with Crippen LogP contribution in [0.5, 0.6) is 5.75 Å². The summed E-state index contributed by atoms with van der Waals surface area (Å²) in [7, 11) is 1.61. The Morgan fingerprint density at radius 3 is 2.77 bits per heavy atom. The molecule has 1 aliphatic rings. The highest BCUT2D eigenvalue weighted by molar-refractivity contribution is 5.56. The van der Waals surface area contributed by atoms with Crippen molar-refractivity contribution in [3.63, 3.8) is 0 Å². The summed E-state index contributed by atoms with van der Waals surface area (Å²) in [4.78, 5) is 10.7. The number of benzene rings is 1. The molecule has 122 valence electrons. The van der Waals surface area contributed by atoms with Crippen LogP contribution in [-0.4, -0.2) is 32.3 Å². The molecule has 1 amide bonds. The number of anilines is 1. The van der Waals surface area contributed by atoms with Gasteiger partial charge in [0.15, 0.2) is 0 Å². The lowest BCUT2D eigenvalue weighted by atomic mass is 9.92. The molecule has 1 aliphatic carbocycles. The molecule has 0 aromatic heterocycles. The summed E-state index contributed by atoms with van der Waals surface area (Å²) in [6, 6.07) is 5.84. The first kappa shape index (κ1) is 16.6. The Morgan fingerprint density at radius 2 is 2.18 bits per heavy atom. The van der Waals surface area contributed by atoms with Crippen molar-refractivity contribution in [2.45, 2.75) is 38.2 Å². The van der Waals surface area contributed by atoms with E-state index in [1.54, 1.807) is 7.11 Å². The minimum absolute atomic E-state index is 0.0901. The maximum absolute atomic E-state index is 10.7. The average Bonchev–Trinajstić information content (AvgIpc) is 3.17. The highest BCUT2D eigenvalue weighted by Crippen LogP contribution is 2.55. The molecule has 0 saturated heterocycles. The van der Waals surface area contributed by atoms with Crippen molar-refractivity contribution in [1.82, 2.24) is 5.32 Å². The zero-order valence-electron chi connectivity index (χ0n) is 13.8. The summed E-state index contributed by atoms with van der Waals surface area (Å²) in [6.07, 6.45) is 1.73. The van der Waals surface area contributed by atoms with Crippen molar-refractivity contribution in [2.24, 2.45) is 5.92 Å². The molecule has 0 unspecified atom stereocenters. The van der Waals surface area contributed by atoms with Gasteiger partial charge in [-0.25, -0.2) is 0 Å². The van der Waals surface area contributed by atoms with Gasteiger partial charge >= 0.3 is 0 Å². The molecule has 0 heterocycles. The van der Waals surface area contributed by atoms with E-state index < -0.39 is 0 Å². The Labute approximate surface area is 132 Å². The zero-order valence-corrected chi connectivity index (χ0v) is 13.8. The van der Waals surface area contributed by atoms with E-state index in [-0.39, 0.29) is 11.0 Å². The van der Waals surface area contributed by atoms with Gasteiger partial charge in [0.05, 0.1) is 25.0 Å². The maximum atomic E-state index is 10.7. The normalized spacial score (nSPS) is 23.9. The van der Waals surface area contributed by atoms with Crippen molar-refractivity contribution >= 4 is 12.1 Å². The van der Waals surface area contributed by atoms with Crippen LogP contribution in [0.15, 0.2) is 18.2 Å². The van der Waals surface area contributed by atoms with Crippen molar-refractivity contribution < 1.29 is 14.3 Å². The van der Waals surface area contributed by atoms with Gasteiger partial charge in [-0.1, -0.05) is 6.07 Å². The summed E-state index contributed by atoms with van der Waals surface area (Å²) in [5.41, 5.74) is 7.39. The number of hydrogen-bond donors (Lipinski definition) is 2. The summed E-state index contributed by atoms with van der Waals surface area (Å²) in [6.45, 7) is 7.42. The molecule has 0 spiro atoms. The molecular weight excluding hydrogens is 280 g/mol. The number of ether oxygens (including phenoxy) is 2. The highest BCUT2D eigenvalue weighted by atomic mass is 16.5. The molecule has 2 rings (SSSR count). The molecule has 0 bridgehead atoms. The van der Waals surface area contributed by atoms with Gasteiger partial charge in [-0.15, -0.1) is 0 Å². The van der Waals surface area contributed by atoms with E-state index in [0.717, 1.165) is 18.4 Å². The van der Waals surface area contributed by atoms with E-state index in [4.69, 9.17) is 15.2 Å². The second-order valence-electron chi connectivity index (χ2n) is 6.94. The van der Waals surface area contributed by atoms with E-state index in [1.807, 2.05) is 39.0 Å². The quantitative estimate of drug-likeness (QED) is 0.597. The van der Waals surface area contributed by atoms with Crippen LogP contribution in [0, 0.1) is 5.92 Å². The molecule has 5 nitrogen and oxygen atoms in total. The van der Waals surface area contributed by atoms with E-state index in [9.17, 15) is 4.79 Å². The first-order valence-electron chi connectivity index (χ1n) is 7.57. The Hall–Kier alpha value is -1.75. The molecule has 5 heteroatoms. The standard InChI is InChI=1S/C17H26N2O3/c1-16(2,3)22-9-13-8-17(13,10-19-11-20)12-5-6-14(18)15(7-12)21-4/h5-7,11,13H,8-10,18H2,1-4H3,(H,19,20)/t13-,17+/m1/s1. The molecule has 0 radical (unpaired) electrons. The third kappa shape index (κ3) is 3.53. The molecule has 1 aromatic carbocycles. The summed E-state index contributed by atoms with van der Waals surface area (Å²) in [5, 5.41) is 2.82. The molecule has 2 atom stereocenters. The predicted octanol–water partition coefficient (Wildman–Crippen LogP) is 2.10. The monoisotopic (exact) mass is 306 g/mol. The van der Waals surface area contributed by atoms with Gasteiger partial charge in [0.1, 0.15) is 5.75 Å². The number of amides is 1. The fraction of sp³-hybridized carbons (Fsp3) is 0.588. The fourth-order valence-electron chi connectivity index (χ4n) is 2.87. The van der Waals surface area contributed by atoms with Crippen LogP contribution >= 0.6 is 0 Å². The van der Waals surface area contributed by atoms with Crippen LogP contribution in [0.2, 0.25) is 0 Å². The van der Waals surface area contributed by atoms with E-state index in [2.05, 4.69) is 5.32 Å². The number of nitrogen functional groups attached to an aromatic ring is 1. The zero-order chi connectivity index (χ0) is 16.4. The number of methoxy groups -OCH3 is 1. The number of rotatable bonds is 7. The van der Waals surface area contributed by atoms with Gasteiger partial charge in [0.25, 0.3) is 0 Å². The summed E-state index contributed by atoms with van der Waals surface area (Å²) < 4.78 is 11.2. The van der Waals surface area contributed by atoms with Gasteiger partial charge in [-0.05, 0) is 50.8 Å². The first-order valence-corrected chi connectivity index (χ1v) is 7.57. The number of carbonyl (C=O) groups is 1. The van der Waals surface area contributed by atoms with E-state index >= 15 is 0 Å². The largest absolute Gasteiger partial charge is 0.495 e. The SMILES string of the molecule is COc1cc([C@@]2(CNC=O)C[C@@H]2COC(C)(C)C)ccc1N. The molecular formula is C17H26N2O3. The third-order valence-electron chi connectivity index (χ3n) is 4.26. The van der Waals surface area contributed by atoms with Crippen LogP contribution in [0.25, 0.3) is 0 Å². The Bertz CT molecular complexity index is 539. The Balaban J connectivity index is 2.19. The number of nitrogens with one attached hydrogen (secondary N) is 1. The second kappa shape index (κ2) is 6.16. The van der Waals surface area contributed by atoms with Crippen molar-refractivity contribution in [1.29, 1.82) is 0 Å². The molecule has 1 aromatic rings. The van der Waals surface area contributed by atoms with Crippen molar-refractivity contribution in [3.05, 3.63) is 23.8 Å². The number of hydrogen-bond acceptors (Lipinski definition) is 4. The van der Waals surface area contributed by atoms with Crippen LogP contribution in [-0.2, 0) is 14.9 Å². The topological polar surface area (TPSA) is 73.6 Å². The molecule has 0 aliphatic heterocycles. The minimum Gasteiger partial charge on any atom is -0.495 e. The number of nitrogens with two attached hydrogens (primary N) is 1. The van der Waals surface area contributed by atoms with Crippen LogP contribution < -0.4 is 15.8 Å². The van der Waals surface area contributed by atoms with E-state index in [1.165, 1.54) is 0 Å². The smallest absolute Gasteiger partial charge is 0.207 e. The van der Waals surface area contributed by atoms with Crippen LogP contribution in [0.1, 0.15) is 32.8 Å². The molecule has 1 fully saturated rings. The lowest BCUT2D eigenvalue weighted by Gasteiger charge is -2.23. The maximum Gasteiger partial charge on any atom is 0.207 e. The minimum atomic E-state index is -0.161. The van der Waals surface area contributed by atoms with Gasteiger partial charge in [-0.2, -0.15) is 0 Å². The van der Waals surface area contributed by atoms with Crippen LogP contribution in [0.3, 0.4) is 0 Å². The summed E-state index contributed by atoms with van der Waals surface area (Å²) in [5.74, 6) is 1.05. The summed E-state index contributed by atoms with van der Waals surface area (Å²) >= 11 is 0. The van der Waals surface area contributed by atoms with Gasteiger partial charge in [-0.3, -0.25) is 4.79 Å². The number of carbonyl (C=O) groups excluding carboxylic acids is 1. The van der Waals surface area contributed by atoms with Gasteiger partial charge in [0, 0.05) is 12.0 Å². The Morgan fingerprint density at radius 1 is 1.45 bits per heavy atom. The van der Waals surface area contributed by atoms with Gasteiger partial charge < -0.3 is 20.5 Å². The fourth-order valence-corrected chi connectivity index (χ4v) is 2.87.